The van der Waals surface area contributed by atoms with Gasteiger partial charge in [-0.25, -0.2) is 9.67 Å². The third-order valence-corrected chi connectivity index (χ3v) is 3.83. The zero-order valence-electron chi connectivity index (χ0n) is 14.8. The van der Waals surface area contributed by atoms with Gasteiger partial charge in [0.25, 0.3) is 0 Å². The largest absolute Gasteiger partial charge is 0.573 e. The molecule has 3 aromatic rings. The molecule has 3 rings (SSSR count). The van der Waals surface area contributed by atoms with Crippen molar-refractivity contribution in [2.24, 2.45) is 5.11 Å². The van der Waals surface area contributed by atoms with Crippen molar-refractivity contribution in [2.45, 2.75) is 19.2 Å². The van der Waals surface area contributed by atoms with Crippen LogP contribution in [0.2, 0.25) is 0 Å². The Hall–Kier alpha value is -3.85. The molecule has 0 unspecified atom stereocenters. The SMILES string of the molecule is N=[N+]=NC(=O)CCc1ccc(-c2ncn(-c3ccc(OC(F)(F)F)cc3)n2)cc1. The summed E-state index contributed by atoms with van der Waals surface area (Å²) in [6, 6.07) is 12.5. The minimum absolute atomic E-state index is 0.155. The molecule has 2 aromatic carbocycles. The molecule has 0 fully saturated rings. The molecular formula is C18H14F3N6O2+. The number of rotatable bonds is 6. The van der Waals surface area contributed by atoms with Crippen molar-refractivity contribution in [3.8, 4) is 22.8 Å². The Labute approximate surface area is 162 Å². The number of amides is 1. The number of carbonyl (C=O) groups is 1. The van der Waals surface area contributed by atoms with Crippen LogP contribution < -0.4 is 9.65 Å². The van der Waals surface area contributed by atoms with Crippen LogP contribution >= 0.6 is 0 Å². The standard InChI is InChI=1S/C18H14F3N6O2/c19-18(20,21)29-15-8-6-14(7-9-15)27-11-23-17(25-27)13-4-1-12(2-5-13)3-10-16(28)24-26-22/h1-2,4-9,11,22H,3,10H2/q+1. The number of carbonyl (C=O) groups excluding carboxylic acids is 1. The third-order valence-electron chi connectivity index (χ3n) is 3.83. The van der Waals surface area contributed by atoms with E-state index in [1.54, 1.807) is 12.1 Å². The van der Waals surface area contributed by atoms with Crippen molar-refractivity contribution >= 4 is 5.91 Å². The monoisotopic (exact) mass is 403 g/mol. The maximum absolute atomic E-state index is 12.2. The maximum Gasteiger partial charge on any atom is 0.573 e. The van der Waals surface area contributed by atoms with E-state index < -0.39 is 12.3 Å². The number of alkyl halides is 3. The smallest absolute Gasteiger partial charge is 0.406 e. The van der Waals surface area contributed by atoms with Gasteiger partial charge in [-0.05, 0) is 36.2 Å². The molecule has 0 aliphatic heterocycles. The molecule has 0 saturated carbocycles. The highest BCUT2D eigenvalue weighted by Crippen LogP contribution is 2.24. The van der Waals surface area contributed by atoms with Gasteiger partial charge in [0.15, 0.2) is 10.9 Å². The second-order valence-electron chi connectivity index (χ2n) is 5.85. The van der Waals surface area contributed by atoms with E-state index in [1.165, 1.54) is 35.3 Å². The minimum atomic E-state index is -4.74. The van der Waals surface area contributed by atoms with Crippen LogP contribution in [0.25, 0.3) is 17.1 Å². The Morgan fingerprint density at radius 2 is 1.83 bits per heavy atom. The highest BCUT2D eigenvalue weighted by Gasteiger charge is 2.31. The number of aromatic nitrogens is 3. The second-order valence-corrected chi connectivity index (χ2v) is 5.85. The molecule has 0 radical (unpaired) electrons. The van der Waals surface area contributed by atoms with Crippen molar-refractivity contribution in [2.75, 3.05) is 0 Å². The number of hydrogen-bond donors (Lipinski definition) is 1. The van der Waals surface area contributed by atoms with Crippen LogP contribution in [0.15, 0.2) is 60.0 Å². The molecule has 0 atom stereocenters. The number of nitrogens with one attached hydrogen (secondary N) is 1. The van der Waals surface area contributed by atoms with Crippen LogP contribution in [0, 0.1) is 5.53 Å². The van der Waals surface area contributed by atoms with Gasteiger partial charge in [0.1, 0.15) is 17.6 Å². The van der Waals surface area contributed by atoms with Crippen molar-refractivity contribution in [1.29, 1.82) is 5.53 Å². The fourth-order valence-corrected chi connectivity index (χ4v) is 2.50. The van der Waals surface area contributed by atoms with Gasteiger partial charge in [0.2, 0.25) is 4.91 Å². The van der Waals surface area contributed by atoms with Crippen molar-refractivity contribution in [1.82, 2.24) is 19.7 Å². The number of benzene rings is 2. The summed E-state index contributed by atoms with van der Waals surface area (Å²) in [5.41, 5.74) is 8.69. The van der Waals surface area contributed by atoms with Gasteiger partial charge < -0.3 is 4.74 Å². The Bertz CT molecular complexity index is 1040. The van der Waals surface area contributed by atoms with Crippen LogP contribution in [0.1, 0.15) is 12.0 Å². The summed E-state index contributed by atoms with van der Waals surface area (Å²) in [7, 11) is 0. The van der Waals surface area contributed by atoms with E-state index in [0.717, 1.165) is 11.1 Å². The lowest BCUT2D eigenvalue weighted by Crippen LogP contribution is -2.17. The molecule has 11 heteroatoms. The van der Waals surface area contributed by atoms with Crippen molar-refractivity contribution in [3.63, 3.8) is 0 Å². The lowest BCUT2D eigenvalue weighted by Gasteiger charge is -2.09. The number of halogens is 3. The van der Waals surface area contributed by atoms with Crippen LogP contribution in [-0.2, 0) is 11.2 Å². The first-order valence-corrected chi connectivity index (χ1v) is 8.31. The molecule has 1 N–H and O–H groups in total. The van der Waals surface area contributed by atoms with Gasteiger partial charge in [-0.2, -0.15) is 0 Å². The van der Waals surface area contributed by atoms with E-state index in [0.29, 0.717) is 17.9 Å². The summed E-state index contributed by atoms with van der Waals surface area (Å²) in [6.07, 6.45) is -2.67. The molecule has 0 spiro atoms. The quantitative estimate of drug-likeness (QED) is 0.498. The van der Waals surface area contributed by atoms with Crippen LogP contribution in [0.5, 0.6) is 5.75 Å². The van der Waals surface area contributed by atoms with E-state index in [9.17, 15) is 18.0 Å². The molecule has 1 amide bonds. The van der Waals surface area contributed by atoms with Crippen molar-refractivity contribution < 1.29 is 22.7 Å². The molecule has 29 heavy (non-hydrogen) atoms. The summed E-state index contributed by atoms with van der Waals surface area (Å²) in [5.74, 6) is -0.345. The first-order chi connectivity index (χ1) is 13.8. The second kappa shape index (κ2) is 8.44. The van der Waals surface area contributed by atoms with Crippen LogP contribution in [0.4, 0.5) is 13.2 Å². The minimum Gasteiger partial charge on any atom is -0.406 e. The Morgan fingerprint density at radius 1 is 1.14 bits per heavy atom. The first-order valence-electron chi connectivity index (χ1n) is 8.31. The molecule has 8 nitrogen and oxygen atoms in total. The summed E-state index contributed by atoms with van der Waals surface area (Å²) in [4.78, 5) is 18.2. The van der Waals surface area contributed by atoms with Crippen LogP contribution in [0.3, 0.4) is 0 Å². The Balaban J connectivity index is 1.68. The predicted molar refractivity (Wildman–Crippen MR) is 94.1 cm³/mol. The number of ether oxygens (including phenoxy) is 1. The third kappa shape index (κ3) is 5.56. The maximum atomic E-state index is 12.2. The summed E-state index contributed by atoms with van der Waals surface area (Å²) < 4.78 is 41.9. The topological polar surface area (TPSA) is 107 Å². The average molecular weight is 403 g/mol. The molecule has 0 aliphatic carbocycles. The van der Waals surface area contributed by atoms with Crippen LogP contribution in [-0.4, -0.2) is 27.0 Å². The van der Waals surface area contributed by atoms with Gasteiger partial charge in [0, 0.05) is 12.0 Å². The summed E-state index contributed by atoms with van der Waals surface area (Å²) >= 11 is 0. The summed E-state index contributed by atoms with van der Waals surface area (Å²) in [6.45, 7) is 0. The van der Waals surface area contributed by atoms with Gasteiger partial charge in [0.05, 0.1) is 5.69 Å². The highest BCUT2D eigenvalue weighted by molar-refractivity contribution is 5.76. The van der Waals surface area contributed by atoms with E-state index in [4.69, 9.17) is 5.53 Å². The Kier molecular flexibility index (Phi) is 5.79. The molecule has 1 aromatic heterocycles. The number of aryl methyl sites for hydroxylation is 1. The lowest BCUT2D eigenvalue weighted by molar-refractivity contribution is -0.274. The predicted octanol–water partition coefficient (Wildman–Crippen LogP) is 3.84. The molecule has 0 saturated heterocycles. The van der Waals surface area contributed by atoms with Gasteiger partial charge in [-0.1, -0.05) is 24.3 Å². The van der Waals surface area contributed by atoms with E-state index in [1.807, 2.05) is 12.1 Å². The zero-order chi connectivity index (χ0) is 20.9. The fourth-order valence-electron chi connectivity index (χ4n) is 2.50. The molecule has 148 valence electrons. The summed E-state index contributed by atoms with van der Waals surface area (Å²) in [5, 5.41) is 7.45. The van der Waals surface area contributed by atoms with Gasteiger partial charge in [-0.3, -0.25) is 4.79 Å². The normalized spacial score (nSPS) is 11.0. The molecule has 0 bridgehead atoms. The van der Waals surface area contributed by atoms with E-state index in [-0.39, 0.29) is 12.2 Å². The van der Waals surface area contributed by atoms with Gasteiger partial charge >= 0.3 is 12.3 Å². The first kappa shape index (κ1) is 19.9. The van der Waals surface area contributed by atoms with E-state index in [2.05, 4.69) is 24.8 Å². The lowest BCUT2D eigenvalue weighted by atomic mass is 10.1. The molecule has 0 aliphatic rings. The molecular weight excluding hydrogens is 389 g/mol. The fraction of sp³-hybridized carbons (Fsp3) is 0.167. The number of nitrogens with zero attached hydrogens (tertiary/aromatic N) is 5. The van der Waals surface area contributed by atoms with E-state index >= 15 is 0 Å². The number of hydrogen-bond acceptors (Lipinski definition) is 5. The zero-order valence-corrected chi connectivity index (χ0v) is 14.8. The molecule has 1 heterocycles. The highest BCUT2D eigenvalue weighted by atomic mass is 19.4. The van der Waals surface area contributed by atoms with Crippen molar-refractivity contribution in [3.05, 3.63) is 60.4 Å². The Morgan fingerprint density at radius 3 is 2.45 bits per heavy atom. The van der Waals surface area contributed by atoms with Gasteiger partial charge in [-0.15, -0.1) is 18.3 Å². The average Bonchev–Trinajstić information content (AvgIpc) is 3.16.